The SMILES string of the molecule is C=CC(=O)Nc1cccc(-c2nc(Nc3ccc(N(C)CCN(C)C)cc3)nc3[nH]ccc23)c1. The number of aromatic nitrogens is 3. The molecular formula is C26H29N7O. The van der Waals surface area contributed by atoms with Crippen molar-refractivity contribution in [2.75, 3.05) is 49.8 Å². The van der Waals surface area contributed by atoms with Gasteiger partial charge in [0.05, 0.1) is 5.69 Å². The molecule has 0 spiro atoms. The van der Waals surface area contributed by atoms with Crippen LogP contribution in [-0.2, 0) is 4.79 Å². The monoisotopic (exact) mass is 455 g/mol. The topological polar surface area (TPSA) is 89.2 Å². The molecule has 3 N–H and O–H groups in total. The summed E-state index contributed by atoms with van der Waals surface area (Å²) in [7, 11) is 6.24. The Hall–Kier alpha value is -4.17. The first-order valence-electron chi connectivity index (χ1n) is 11.0. The Kier molecular flexibility index (Phi) is 6.89. The van der Waals surface area contributed by atoms with Crippen LogP contribution in [0.2, 0.25) is 0 Å². The van der Waals surface area contributed by atoms with Gasteiger partial charge in [0.1, 0.15) is 5.65 Å². The average molecular weight is 456 g/mol. The molecule has 2 aromatic heterocycles. The van der Waals surface area contributed by atoms with Crippen molar-refractivity contribution < 1.29 is 4.79 Å². The summed E-state index contributed by atoms with van der Waals surface area (Å²) in [5.74, 6) is 0.226. The van der Waals surface area contributed by atoms with E-state index in [0.29, 0.717) is 11.6 Å². The lowest BCUT2D eigenvalue weighted by Crippen LogP contribution is -2.28. The number of H-pyrrole nitrogens is 1. The van der Waals surface area contributed by atoms with Gasteiger partial charge in [-0.15, -0.1) is 0 Å². The van der Waals surface area contributed by atoms with E-state index in [1.54, 1.807) is 0 Å². The number of nitrogens with one attached hydrogen (secondary N) is 3. The molecule has 1 amide bonds. The molecule has 0 aliphatic carbocycles. The number of hydrogen-bond donors (Lipinski definition) is 3. The van der Waals surface area contributed by atoms with Gasteiger partial charge in [0.25, 0.3) is 0 Å². The molecule has 0 aliphatic heterocycles. The average Bonchev–Trinajstić information content (AvgIpc) is 3.31. The fraction of sp³-hybridized carbons (Fsp3) is 0.192. The third-order valence-corrected chi connectivity index (χ3v) is 5.45. The van der Waals surface area contributed by atoms with Crippen LogP contribution in [0.4, 0.5) is 23.0 Å². The molecule has 0 atom stereocenters. The van der Waals surface area contributed by atoms with Crippen LogP contribution in [0.5, 0.6) is 0 Å². The predicted molar refractivity (Wildman–Crippen MR) is 140 cm³/mol. The molecule has 2 heterocycles. The second-order valence-electron chi connectivity index (χ2n) is 8.31. The van der Waals surface area contributed by atoms with Gasteiger partial charge < -0.3 is 25.4 Å². The van der Waals surface area contributed by atoms with Crippen LogP contribution in [0.15, 0.2) is 73.4 Å². The number of hydrogen-bond acceptors (Lipinski definition) is 6. The summed E-state index contributed by atoms with van der Waals surface area (Å²) in [6.07, 6.45) is 3.09. The highest BCUT2D eigenvalue weighted by Gasteiger charge is 2.12. The normalized spacial score (nSPS) is 10.9. The zero-order chi connectivity index (χ0) is 24.1. The van der Waals surface area contributed by atoms with Gasteiger partial charge in [0.2, 0.25) is 11.9 Å². The van der Waals surface area contributed by atoms with Crippen molar-refractivity contribution in [3.63, 3.8) is 0 Å². The highest BCUT2D eigenvalue weighted by Crippen LogP contribution is 2.29. The quantitative estimate of drug-likeness (QED) is 0.322. The molecule has 174 valence electrons. The molecular weight excluding hydrogens is 426 g/mol. The highest BCUT2D eigenvalue weighted by molar-refractivity contribution is 6.00. The maximum atomic E-state index is 11.7. The number of anilines is 4. The number of aromatic amines is 1. The molecule has 0 unspecified atom stereocenters. The Bertz CT molecular complexity index is 1290. The minimum Gasteiger partial charge on any atom is -0.373 e. The van der Waals surface area contributed by atoms with Crippen LogP contribution in [0.1, 0.15) is 0 Å². The first-order valence-corrected chi connectivity index (χ1v) is 11.0. The second kappa shape index (κ2) is 10.2. The first kappa shape index (κ1) is 23.0. The maximum Gasteiger partial charge on any atom is 0.247 e. The lowest BCUT2D eigenvalue weighted by atomic mass is 10.1. The number of rotatable bonds is 9. The van der Waals surface area contributed by atoms with Crippen LogP contribution in [-0.4, -0.2) is 60.0 Å². The van der Waals surface area contributed by atoms with Crippen LogP contribution in [0.25, 0.3) is 22.3 Å². The number of carbonyl (C=O) groups is 1. The Labute approximate surface area is 199 Å². The largest absolute Gasteiger partial charge is 0.373 e. The van der Waals surface area contributed by atoms with E-state index in [4.69, 9.17) is 4.98 Å². The number of carbonyl (C=O) groups excluding carboxylic acids is 1. The predicted octanol–water partition coefficient (Wildman–Crippen LogP) is 4.49. The van der Waals surface area contributed by atoms with E-state index in [1.165, 1.54) is 6.08 Å². The molecule has 4 rings (SSSR count). The number of nitrogens with zero attached hydrogens (tertiary/aromatic N) is 4. The maximum absolute atomic E-state index is 11.7. The lowest BCUT2D eigenvalue weighted by Gasteiger charge is -2.21. The van der Waals surface area contributed by atoms with Gasteiger partial charge in [-0.05, 0) is 62.6 Å². The molecule has 2 aromatic carbocycles. The first-order chi connectivity index (χ1) is 16.4. The van der Waals surface area contributed by atoms with Gasteiger partial charge in [-0.1, -0.05) is 18.7 Å². The zero-order valence-electron chi connectivity index (χ0n) is 19.7. The summed E-state index contributed by atoms with van der Waals surface area (Å²) in [6.45, 7) is 5.44. The molecule has 0 radical (unpaired) electrons. The number of likely N-dealkylation sites (N-methyl/N-ethyl adjacent to an activating group) is 2. The smallest absolute Gasteiger partial charge is 0.247 e. The summed E-state index contributed by atoms with van der Waals surface area (Å²) >= 11 is 0. The van der Waals surface area contributed by atoms with Crippen LogP contribution in [0, 0.1) is 0 Å². The minimum atomic E-state index is -0.259. The number of fused-ring (bicyclic) bond motifs is 1. The molecule has 0 saturated carbocycles. The van der Waals surface area contributed by atoms with Crippen LogP contribution in [0.3, 0.4) is 0 Å². The standard InChI is InChI=1S/C26H29N7O/c1-5-23(34)28-20-8-6-7-18(17-20)24-22-13-14-27-25(22)31-26(30-24)29-19-9-11-21(12-10-19)33(4)16-15-32(2)3/h5-14,17H,1,15-16H2,2-4H3,(H,28,34)(H2,27,29,30,31). The van der Waals surface area contributed by atoms with Gasteiger partial charge in [-0.25, -0.2) is 4.98 Å². The van der Waals surface area contributed by atoms with Crippen molar-refractivity contribution in [1.29, 1.82) is 0 Å². The van der Waals surface area contributed by atoms with Gasteiger partial charge in [0.15, 0.2) is 0 Å². The van der Waals surface area contributed by atoms with Crippen molar-refractivity contribution in [1.82, 2.24) is 19.9 Å². The van der Waals surface area contributed by atoms with E-state index >= 15 is 0 Å². The van der Waals surface area contributed by atoms with Crippen LogP contribution < -0.4 is 15.5 Å². The van der Waals surface area contributed by atoms with Gasteiger partial charge >= 0.3 is 0 Å². The van der Waals surface area contributed by atoms with E-state index in [2.05, 4.69) is 70.3 Å². The van der Waals surface area contributed by atoms with E-state index < -0.39 is 0 Å². The van der Waals surface area contributed by atoms with Gasteiger partial charge in [-0.2, -0.15) is 4.98 Å². The van der Waals surface area contributed by atoms with Crippen LogP contribution >= 0.6 is 0 Å². The molecule has 4 aromatic rings. The summed E-state index contributed by atoms with van der Waals surface area (Å²) < 4.78 is 0. The van der Waals surface area contributed by atoms with E-state index in [0.717, 1.165) is 46.8 Å². The number of benzene rings is 2. The Morgan fingerprint density at radius 1 is 1.03 bits per heavy atom. The summed E-state index contributed by atoms with van der Waals surface area (Å²) in [5, 5.41) is 7.01. The van der Waals surface area contributed by atoms with Crippen molar-refractivity contribution >= 4 is 40.0 Å². The van der Waals surface area contributed by atoms with E-state index in [9.17, 15) is 4.79 Å². The summed E-state index contributed by atoms with van der Waals surface area (Å²) in [5.41, 5.74) is 5.08. The Balaban J connectivity index is 1.59. The molecule has 8 heteroatoms. The van der Waals surface area contributed by atoms with Gasteiger partial charge in [-0.3, -0.25) is 4.79 Å². The molecule has 0 fully saturated rings. The third-order valence-electron chi connectivity index (χ3n) is 5.45. The third kappa shape index (κ3) is 5.41. The fourth-order valence-electron chi connectivity index (χ4n) is 3.56. The van der Waals surface area contributed by atoms with Crippen molar-refractivity contribution in [3.8, 4) is 11.3 Å². The summed E-state index contributed by atoms with van der Waals surface area (Å²) in [4.78, 5) is 28.7. The highest BCUT2D eigenvalue weighted by atomic mass is 16.1. The van der Waals surface area contributed by atoms with Crippen molar-refractivity contribution in [3.05, 3.63) is 73.4 Å². The molecule has 0 bridgehead atoms. The fourth-order valence-corrected chi connectivity index (χ4v) is 3.56. The molecule has 0 aliphatic rings. The molecule has 0 saturated heterocycles. The number of amides is 1. The van der Waals surface area contributed by atoms with Gasteiger partial charge in [0, 0.05) is 54.3 Å². The summed E-state index contributed by atoms with van der Waals surface area (Å²) in [6, 6.07) is 17.7. The van der Waals surface area contributed by atoms with Crippen molar-refractivity contribution in [2.45, 2.75) is 0 Å². The van der Waals surface area contributed by atoms with E-state index in [1.807, 2.05) is 48.7 Å². The molecule has 8 nitrogen and oxygen atoms in total. The second-order valence-corrected chi connectivity index (χ2v) is 8.31. The Morgan fingerprint density at radius 2 is 1.82 bits per heavy atom. The molecule has 34 heavy (non-hydrogen) atoms. The Morgan fingerprint density at radius 3 is 2.56 bits per heavy atom. The lowest BCUT2D eigenvalue weighted by molar-refractivity contribution is -0.111. The minimum absolute atomic E-state index is 0.259. The van der Waals surface area contributed by atoms with Crippen molar-refractivity contribution in [2.24, 2.45) is 0 Å². The zero-order valence-corrected chi connectivity index (χ0v) is 19.7. The van der Waals surface area contributed by atoms with E-state index in [-0.39, 0.29) is 5.91 Å².